The number of sulfonamides is 1. The molecule has 0 saturated heterocycles. The van der Waals surface area contributed by atoms with Gasteiger partial charge in [0.1, 0.15) is 5.15 Å². The van der Waals surface area contributed by atoms with Crippen molar-refractivity contribution in [2.75, 3.05) is 4.72 Å². The van der Waals surface area contributed by atoms with E-state index in [1.807, 2.05) is 6.07 Å². The maximum Gasteiger partial charge on any atom is 0.262 e. The molecule has 8 heteroatoms. The van der Waals surface area contributed by atoms with Gasteiger partial charge in [0, 0.05) is 11.6 Å². The van der Waals surface area contributed by atoms with E-state index in [0.717, 1.165) is 5.52 Å². The highest BCUT2D eigenvalue weighted by molar-refractivity contribution is 7.92. The van der Waals surface area contributed by atoms with Crippen LogP contribution in [0.4, 0.5) is 5.69 Å². The average molecular weight is 309 g/mol. The minimum absolute atomic E-state index is 0.0537. The van der Waals surface area contributed by atoms with E-state index in [0.29, 0.717) is 11.1 Å². The van der Waals surface area contributed by atoms with Crippen LogP contribution in [-0.2, 0) is 10.0 Å². The van der Waals surface area contributed by atoms with E-state index < -0.39 is 10.0 Å². The van der Waals surface area contributed by atoms with Crippen LogP contribution in [0.3, 0.4) is 0 Å². The fourth-order valence-electron chi connectivity index (χ4n) is 1.81. The first kappa shape index (κ1) is 12.9. The predicted molar refractivity (Wildman–Crippen MR) is 76.1 cm³/mol. The van der Waals surface area contributed by atoms with E-state index in [4.69, 9.17) is 11.6 Å². The molecule has 0 aliphatic heterocycles. The maximum atomic E-state index is 12.3. The second-order valence-corrected chi connectivity index (χ2v) is 6.13. The number of rotatable bonds is 3. The van der Waals surface area contributed by atoms with Crippen molar-refractivity contribution in [3.8, 4) is 0 Å². The van der Waals surface area contributed by atoms with Gasteiger partial charge in [-0.15, -0.1) is 0 Å². The van der Waals surface area contributed by atoms with Crippen LogP contribution >= 0.6 is 11.6 Å². The quantitative estimate of drug-likeness (QED) is 0.727. The maximum absolute atomic E-state index is 12.3. The molecule has 2 N–H and O–H groups in total. The molecule has 0 bridgehead atoms. The lowest BCUT2D eigenvalue weighted by atomic mass is 10.2. The van der Waals surface area contributed by atoms with Crippen LogP contribution in [0, 0.1) is 0 Å². The topological polar surface area (TPSA) is 87.7 Å². The zero-order chi connectivity index (χ0) is 14.2. The third-order valence-corrected chi connectivity index (χ3v) is 4.31. The van der Waals surface area contributed by atoms with Crippen molar-refractivity contribution < 1.29 is 8.42 Å². The zero-order valence-electron chi connectivity index (χ0n) is 10.0. The summed E-state index contributed by atoms with van der Waals surface area (Å²) in [6.07, 6.45) is 2.90. The molecule has 20 heavy (non-hydrogen) atoms. The number of aromatic nitrogens is 3. The Bertz CT molecular complexity index is 876. The minimum atomic E-state index is -3.72. The standard InChI is InChI=1S/C12H9ClN4O2S/c13-12-6-8(4-5-14-12)20(18,19)17-11-3-1-2-10-9(11)7-15-16-10/h1-7,17H,(H,15,16). The number of fused-ring (bicyclic) bond motifs is 1. The van der Waals surface area contributed by atoms with Crippen molar-refractivity contribution in [2.45, 2.75) is 4.90 Å². The third-order valence-electron chi connectivity index (χ3n) is 2.74. The predicted octanol–water partition coefficient (Wildman–Crippen LogP) is 2.41. The summed E-state index contributed by atoms with van der Waals surface area (Å²) in [5, 5.41) is 7.48. The number of hydrogen-bond acceptors (Lipinski definition) is 4. The van der Waals surface area contributed by atoms with Crippen LogP contribution in [0.25, 0.3) is 10.9 Å². The lowest BCUT2D eigenvalue weighted by molar-refractivity contribution is 0.601. The summed E-state index contributed by atoms with van der Waals surface area (Å²) in [4.78, 5) is 3.81. The Labute approximate surface area is 119 Å². The SMILES string of the molecule is O=S(=O)(Nc1cccc2[nH]ncc12)c1ccnc(Cl)c1. The third kappa shape index (κ3) is 2.33. The van der Waals surface area contributed by atoms with Crippen LogP contribution in [0.1, 0.15) is 0 Å². The summed E-state index contributed by atoms with van der Waals surface area (Å²) in [5.41, 5.74) is 1.20. The first-order valence-electron chi connectivity index (χ1n) is 5.63. The molecule has 0 aliphatic carbocycles. The molecular formula is C12H9ClN4O2S. The van der Waals surface area contributed by atoms with Crippen molar-refractivity contribution in [1.29, 1.82) is 0 Å². The highest BCUT2D eigenvalue weighted by Crippen LogP contribution is 2.24. The molecule has 102 valence electrons. The van der Waals surface area contributed by atoms with Gasteiger partial charge in [0.15, 0.2) is 0 Å². The van der Waals surface area contributed by atoms with Gasteiger partial charge in [0.05, 0.1) is 22.3 Å². The molecule has 0 spiro atoms. The van der Waals surface area contributed by atoms with Gasteiger partial charge in [0.2, 0.25) is 0 Å². The molecule has 6 nitrogen and oxygen atoms in total. The van der Waals surface area contributed by atoms with Crippen LogP contribution < -0.4 is 4.72 Å². The monoisotopic (exact) mass is 308 g/mol. The number of H-pyrrole nitrogens is 1. The van der Waals surface area contributed by atoms with Gasteiger partial charge in [0.25, 0.3) is 10.0 Å². The molecule has 0 unspecified atom stereocenters. The van der Waals surface area contributed by atoms with Gasteiger partial charge in [-0.2, -0.15) is 5.10 Å². The zero-order valence-corrected chi connectivity index (χ0v) is 11.6. The van der Waals surface area contributed by atoms with Crippen molar-refractivity contribution >= 4 is 38.2 Å². The van der Waals surface area contributed by atoms with E-state index in [2.05, 4.69) is 19.9 Å². The number of pyridine rings is 1. The molecule has 1 aromatic carbocycles. The van der Waals surface area contributed by atoms with Crippen LogP contribution in [0.5, 0.6) is 0 Å². The fraction of sp³-hybridized carbons (Fsp3) is 0. The molecule has 0 aliphatic rings. The first-order valence-corrected chi connectivity index (χ1v) is 7.49. The highest BCUT2D eigenvalue weighted by atomic mass is 35.5. The van der Waals surface area contributed by atoms with Gasteiger partial charge in [-0.3, -0.25) is 9.82 Å². The van der Waals surface area contributed by atoms with Gasteiger partial charge in [-0.25, -0.2) is 13.4 Å². The minimum Gasteiger partial charge on any atom is -0.279 e. The number of halogens is 1. The molecule has 0 saturated carbocycles. The molecule has 0 fully saturated rings. The molecule has 2 heterocycles. The number of hydrogen-bond donors (Lipinski definition) is 2. The largest absolute Gasteiger partial charge is 0.279 e. The van der Waals surface area contributed by atoms with Crippen molar-refractivity contribution in [3.63, 3.8) is 0 Å². The van der Waals surface area contributed by atoms with Gasteiger partial charge >= 0.3 is 0 Å². The van der Waals surface area contributed by atoms with Gasteiger partial charge in [-0.1, -0.05) is 17.7 Å². The first-order chi connectivity index (χ1) is 9.56. The molecule has 0 atom stereocenters. The summed E-state index contributed by atoms with van der Waals surface area (Å²) >= 11 is 5.71. The molecule has 3 rings (SSSR count). The van der Waals surface area contributed by atoms with E-state index in [1.165, 1.54) is 18.3 Å². The summed E-state index contributed by atoms with van der Waals surface area (Å²) in [5.74, 6) is 0. The number of nitrogens with one attached hydrogen (secondary N) is 2. The van der Waals surface area contributed by atoms with Crippen molar-refractivity contribution in [3.05, 3.63) is 47.9 Å². The van der Waals surface area contributed by atoms with E-state index in [1.54, 1.807) is 18.3 Å². The van der Waals surface area contributed by atoms with Crippen LogP contribution in [0.15, 0.2) is 47.6 Å². The second-order valence-electron chi connectivity index (χ2n) is 4.06. The van der Waals surface area contributed by atoms with Crippen LogP contribution in [0.2, 0.25) is 5.15 Å². The molecular weight excluding hydrogens is 300 g/mol. The van der Waals surface area contributed by atoms with Crippen LogP contribution in [-0.4, -0.2) is 23.6 Å². The lowest BCUT2D eigenvalue weighted by Crippen LogP contribution is -2.13. The Morgan fingerprint density at radius 3 is 2.90 bits per heavy atom. The Balaban J connectivity index is 2.04. The normalized spacial score (nSPS) is 11.7. The van der Waals surface area contributed by atoms with Crippen molar-refractivity contribution in [2.24, 2.45) is 0 Å². The Hall–Kier alpha value is -2.12. The lowest BCUT2D eigenvalue weighted by Gasteiger charge is -2.08. The number of anilines is 1. The Morgan fingerprint density at radius 2 is 2.10 bits per heavy atom. The molecule has 2 aromatic heterocycles. The fourth-order valence-corrected chi connectivity index (χ4v) is 3.14. The molecule has 0 radical (unpaired) electrons. The Kier molecular flexibility index (Phi) is 3.07. The summed E-state index contributed by atoms with van der Waals surface area (Å²) < 4.78 is 27.1. The van der Waals surface area contributed by atoms with Gasteiger partial charge < -0.3 is 0 Å². The number of aromatic amines is 1. The number of benzene rings is 1. The van der Waals surface area contributed by atoms with Gasteiger partial charge in [-0.05, 0) is 24.3 Å². The van der Waals surface area contributed by atoms with E-state index in [-0.39, 0.29) is 10.0 Å². The van der Waals surface area contributed by atoms with Crippen molar-refractivity contribution in [1.82, 2.24) is 15.2 Å². The molecule has 3 aromatic rings. The second kappa shape index (κ2) is 4.77. The summed E-state index contributed by atoms with van der Waals surface area (Å²) in [6.45, 7) is 0. The molecule has 0 amide bonds. The summed E-state index contributed by atoms with van der Waals surface area (Å²) in [6, 6.07) is 7.88. The smallest absolute Gasteiger partial charge is 0.262 e. The van der Waals surface area contributed by atoms with E-state index in [9.17, 15) is 8.42 Å². The average Bonchev–Trinajstić information content (AvgIpc) is 2.88. The highest BCUT2D eigenvalue weighted by Gasteiger charge is 2.16. The van der Waals surface area contributed by atoms with E-state index >= 15 is 0 Å². The summed E-state index contributed by atoms with van der Waals surface area (Å²) in [7, 11) is -3.72. The Morgan fingerprint density at radius 1 is 1.25 bits per heavy atom. The number of nitrogens with zero attached hydrogens (tertiary/aromatic N) is 2.